The second-order valence-electron chi connectivity index (χ2n) is 8.15. The van der Waals surface area contributed by atoms with E-state index >= 15 is 0 Å². The number of imidazole rings is 1. The van der Waals surface area contributed by atoms with Crippen LogP contribution in [0.4, 0.5) is 5.82 Å². The molecule has 3 rings (SSSR count). The maximum absolute atomic E-state index is 10.8. The maximum atomic E-state index is 10.8. The molecule has 14 nitrogen and oxygen atoms in total. The number of anilines is 1. The topological polar surface area (TPSA) is 223 Å². The van der Waals surface area contributed by atoms with Gasteiger partial charge in [0.2, 0.25) is 0 Å². The third kappa shape index (κ3) is 7.22. The molecule has 1 saturated heterocycles. The summed E-state index contributed by atoms with van der Waals surface area (Å²) >= 11 is 0. The number of nitrogens with two attached hydrogens (primary N) is 2. The van der Waals surface area contributed by atoms with Crippen LogP contribution in [0.5, 0.6) is 0 Å². The Hall–Kier alpha value is -2.56. The molecule has 2 aromatic rings. The highest BCUT2D eigenvalue weighted by molar-refractivity contribution is 7.96. The molecule has 0 aromatic carbocycles. The number of likely N-dealkylation sites (N-methyl/N-ethyl adjacent to an activating group) is 1. The highest BCUT2D eigenvalue weighted by Crippen LogP contribution is 2.32. The Labute approximate surface area is 198 Å². The number of hydrogen-bond acceptors (Lipinski definition) is 11. The third-order valence-electron chi connectivity index (χ3n) is 4.99. The predicted octanol–water partition coefficient (Wildman–Crippen LogP) is -2.29. The molecule has 8 N–H and O–H groups in total. The Morgan fingerprint density at radius 3 is 2.47 bits per heavy atom. The number of aromatic nitrogens is 4. The van der Waals surface area contributed by atoms with Crippen LogP contribution in [0.15, 0.2) is 12.7 Å². The van der Waals surface area contributed by atoms with Crippen molar-refractivity contribution in [2.75, 3.05) is 44.1 Å². The predicted molar refractivity (Wildman–Crippen MR) is 125 cm³/mol. The van der Waals surface area contributed by atoms with E-state index in [0.29, 0.717) is 29.1 Å². The quantitative estimate of drug-likeness (QED) is 0.199. The fourth-order valence-corrected chi connectivity index (χ4v) is 4.90. The van der Waals surface area contributed by atoms with Gasteiger partial charge in [0.05, 0.1) is 19.1 Å². The van der Waals surface area contributed by atoms with E-state index in [-0.39, 0.29) is 23.3 Å². The van der Waals surface area contributed by atoms with Gasteiger partial charge in [-0.3, -0.25) is 19.1 Å². The average molecular weight is 503 g/mol. The van der Waals surface area contributed by atoms with Crippen LogP contribution in [0.1, 0.15) is 12.6 Å². The van der Waals surface area contributed by atoms with E-state index in [2.05, 4.69) is 15.0 Å². The molecule has 0 radical (unpaired) electrons. The zero-order valence-electron chi connectivity index (χ0n) is 19.2. The van der Waals surface area contributed by atoms with Crippen molar-refractivity contribution in [3.63, 3.8) is 0 Å². The second kappa shape index (κ2) is 12.2. The molecule has 2 aromatic heterocycles. The number of hydrogen-bond donors (Lipinski definition) is 6. The van der Waals surface area contributed by atoms with E-state index in [1.54, 1.807) is 19.0 Å². The molecule has 1 unspecified atom stereocenters. The minimum atomic E-state index is -1.16. The number of carbonyl (C=O) groups is 2. The van der Waals surface area contributed by atoms with Gasteiger partial charge in [-0.05, 0) is 25.0 Å². The van der Waals surface area contributed by atoms with Gasteiger partial charge in [-0.25, -0.2) is 15.0 Å². The number of nitrogen functional groups attached to an aromatic ring is 1. The molecule has 1 aliphatic rings. The summed E-state index contributed by atoms with van der Waals surface area (Å²) < 4.78 is 7.41. The van der Waals surface area contributed by atoms with Crippen molar-refractivity contribution in [1.29, 1.82) is 0 Å². The van der Waals surface area contributed by atoms with Crippen LogP contribution in [-0.4, -0.2) is 120 Å². The van der Waals surface area contributed by atoms with Gasteiger partial charge < -0.3 is 36.6 Å². The number of aliphatic hydroxyl groups excluding tert-OH is 2. The average Bonchev–Trinajstić information content (AvgIpc) is 3.29. The molecular formula is C19H32N7O7S+. The number of rotatable bonds is 9. The zero-order valence-corrected chi connectivity index (χ0v) is 20.0. The van der Waals surface area contributed by atoms with Gasteiger partial charge in [-0.2, -0.15) is 0 Å². The van der Waals surface area contributed by atoms with Crippen LogP contribution in [0.25, 0.3) is 11.2 Å². The molecule has 15 heteroatoms. The summed E-state index contributed by atoms with van der Waals surface area (Å²) in [6, 6.07) is -0.907. The summed E-state index contributed by atoms with van der Waals surface area (Å²) in [7, 11) is 3.20. The molecule has 0 bridgehead atoms. The van der Waals surface area contributed by atoms with E-state index < -0.39 is 42.5 Å². The van der Waals surface area contributed by atoms with E-state index in [4.69, 9.17) is 26.4 Å². The van der Waals surface area contributed by atoms with Gasteiger partial charge in [-0.15, -0.1) is 0 Å². The van der Waals surface area contributed by atoms with Crippen molar-refractivity contribution in [2.24, 2.45) is 5.73 Å². The number of aliphatic hydroxyl groups is 2. The monoisotopic (exact) mass is 502 g/mol. The summed E-state index contributed by atoms with van der Waals surface area (Å²) in [4.78, 5) is 34.3. The van der Waals surface area contributed by atoms with Gasteiger partial charge in [0.15, 0.2) is 17.7 Å². The molecular weight excluding hydrogens is 470 g/mol. The molecule has 1 fully saturated rings. The molecule has 0 spiro atoms. The molecule has 3 heterocycles. The van der Waals surface area contributed by atoms with Gasteiger partial charge in [0.25, 0.3) is 0 Å². The molecule has 0 aliphatic carbocycles. The second-order valence-corrected chi connectivity index (χ2v) is 10.5. The lowest BCUT2D eigenvalue weighted by atomic mass is 10.1. The Bertz CT molecular complexity index is 976. The molecule has 190 valence electrons. The Balaban J connectivity index is 0.000000509. The van der Waals surface area contributed by atoms with Crippen molar-refractivity contribution in [3.8, 4) is 0 Å². The fraction of sp³-hybridized carbons (Fsp3) is 0.632. The van der Waals surface area contributed by atoms with Crippen molar-refractivity contribution in [3.05, 3.63) is 12.7 Å². The van der Waals surface area contributed by atoms with Gasteiger partial charge in [0, 0.05) is 6.42 Å². The summed E-state index contributed by atoms with van der Waals surface area (Å²) in [6.45, 7) is 0.111. The van der Waals surface area contributed by atoms with Gasteiger partial charge >= 0.3 is 11.9 Å². The van der Waals surface area contributed by atoms with Gasteiger partial charge in [-0.1, -0.05) is 0 Å². The van der Waals surface area contributed by atoms with E-state index in [0.717, 1.165) is 0 Å². The minimum Gasteiger partial charge on any atom is -0.480 e. The first-order chi connectivity index (χ1) is 15.9. The lowest BCUT2D eigenvalue weighted by molar-refractivity contribution is -0.139. The van der Waals surface area contributed by atoms with Crippen molar-refractivity contribution < 1.29 is 34.8 Å². The lowest BCUT2D eigenvalue weighted by Crippen LogP contribution is -2.37. The first kappa shape index (κ1) is 27.7. The number of fused-ring (bicyclic) bond motifs is 1. The Morgan fingerprint density at radius 1 is 1.24 bits per heavy atom. The van der Waals surface area contributed by atoms with Gasteiger partial charge in [0.1, 0.15) is 47.7 Å². The fourth-order valence-electron chi connectivity index (χ4n) is 3.24. The largest absolute Gasteiger partial charge is 0.480 e. The third-order valence-corrected chi connectivity index (χ3v) is 6.82. The molecule has 6 atom stereocenters. The van der Waals surface area contributed by atoms with Crippen molar-refractivity contribution in [2.45, 2.75) is 37.0 Å². The van der Waals surface area contributed by atoms with Crippen LogP contribution >= 0.6 is 0 Å². The molecule has 0 amide bonds. The molecule has 1 aliphatic heterocycles. The summed E-state index contributed by atoms with van der Waals surface area (Å²) in [5.74, 6) is -0.533. The smallest absolute Gasteiger partial charge is 0.320 e. The lowest BCUT2D eigenvalue weighted by Gasteiger charge is -2.16. The normalized spacial score (nSPS) is 24.0. The van der Waals surface area contributed by atoms with Crippen LogP contribution in [0, 0.1) is 0 Å². The number of carboxylic acids is 2. The number of ether oxygens (including phenoxy) is 1. The van der Waals surface area contributed by atoms with Crippen LogP contribution in [0.3, 0.4) is 0 Å². The van der Waals surface area contributed by atoms with E-state index in [1.807, 2.05) is 6.26 Å². The standard InChI is InChI=1S/C15H22N6O5S.C4H9NO2/c1-27(3-2-7(16)15(24)25)4-8-10(22)11(23)14(26-8)21-6-20-9-12(17)18-5-19-13(9)21;1-5(2)3-4(6)7/h5-8,10-11,14,22-23H,2-4,16H2,1H3,(H2-,17,18,19,24,25);3H2,1-2H3,(H,6,7)/p+1/t7-,8+,10+,11+,14+,27?;/m0./s1. The highest BCUT2D eigenvalue weighted by Gasteiger charge is 2.46. The Morgan fingerprint density at radius 2 is 1.91 bits per heavy atom. The first-order valence-corrected chi connectivity index (χ1v) is 12.3. The maximum Gasteiger partial charge on any atom is 0.320 e. The van der Waals surface area contributed by atoms with E-state index in [9.17, 15) is 19.8 Å². The number of nitrogens with zero attached hydrogens (tertiary/aromatic N) is 5. The molecule has 0 saturated carbocycles. The van der Waals surface area contributed by atoms with Crippen LogP contribution < -0.4 is 11.5 Å². The van der Waals surface area contributed by atoms with Crippen molar-refractivity contribution >= 4 is 39.8 Å². The zero-order chi connectivity index (χ0) is 25.6. The minimum absolute atomic E-state index is 0.111. The van der Waals surface area contributed by atoms with Crippen molar-refractivity contribution in [1.82, 2.24) is 24.4 Å². The highest BCUT2D eigenvalue weighted by atomic mass is 32.2. The van der Waals surface area contributed by atoms with Crippen LogP contribution in [0.2, 0.25) is 0 Å². The summed E-state index contributed by atoms with van der Waals surface area (Å²) in [5, 5.41) is 37.7. The van der Waals surface area contributed by atoms with E-state index in [1.165, 1.54) is 17.2 Å². The number of carboxylic acid groups (broad SMARTS) is 2. The van der Waals surface area contributed by atoms with Crippen LogP contribution in [-0.2, 0) is 25.2 Å². The Kier molecular flexibility index (Phi) is 9.96. The molecule has 34 heavy (non-hydrogen) atoms. The summed E-state index contributed by atoms with van der Waals surface area (Å²) in [5.41, 5.74) is 12.1. The number of aliphatic carboxylic acids is 2. The summed E-state index contributed by atoms with van der Waals surface area (Å²) in [6.07, 6.45) is 1.31. The SMILES string of the molecule is CN(C)CC(=O)O.C[S+](CC[C@H](N)C(=O)O)C[C@H]1O[C@@H](n2cnc3c(N)ncnc32)[C@H](O)[C@@H]1O. The first-order valence-electron chi connectivity index (χ1n) is 10.3.